The van der Waals surface area contributed by atoms with Crippen LogP contribution in [0.15, 0.2) is 36.4 Å². The van der Waals surface area contributed by atoms with Crippen LogP contribution in [0, 0.1) is 42.7 Å². The fourth-order valence-corrected chi connectivity index (χ4v) is 4.41. The molecule has 1 atom stereocenters. The van der Waals surface area contributed by atoms with E-state index in [1.54, 1.807) is 13.0 Å². The van der Waals surface area contributed by atoms with Crippen molar-refractivity contribution in [2.45, 2.75) is 59.3 Å². The maximum Gasteiger partial charge on any atom is 0.225 e. The second-order valence-corrected chi connectivity index (χ2v) is 9.26. The minimum atomic E-state index is -0.764. The molecule has 0 spiro atoms. The molecule has 0 radical (unpaired) electrons. The van der Waals surface area contributed by atoms with E-state index in [2.05, 4.69) is 17.7 Å². The lowest BCUT2D eigenvalue weighted by Crippen LogP contribution is -2.33. The molecule has 0 unspecified atom stereocenters. The van der Waals surface area contributed by atoms with Crippen LogP contribution in [0.2, 0.25) is 5.02 Å². The molecule has 2 fully saturated rings. The van der Waals surface area contributed by atoms with Crippen LogP contribution in [0.3, 0.4) is 0 Å². The molecule has 1 heterocycles. The SMILES string of the molecule is C#Cc1ccc(C)cc1Cl.CCc1cccc(F)c1F.C[C@H]1CCN(C(=O)C2CCCC2)C1. The van der Waals surface area contributed by atoms with E-state index in [0.717, 1.165) is 49.0 Å². The van der Waals surface area contributed by atoms with Crippen LogP contribution >= 0.6 is 11.6 Å². The number of carbonyl (C=O) groups excluding carboxylic acids is 1. The Bertz CT molecular complexity index is 963. The maximum atomic E-state index is 12.6. The van der Waals surface area contributed by atoms with Crippen LogP contribution in [0.4, 0.5) is 8.78 Å². The normalized spacial score (nSPS) is 17.5. The van der Waals surface area contributed by atoms with E-state index in [1.165, 1.54) is 25.3 Å². The lowest BCUT2D eigenvalue weighted by atomic mass is 10.1. The molecule has 0 bridgehead atoms. The molecule has 5 heteroatoms. The summed E-state index contributed by atoms with van der Waals surface area (Å²) in [7, 11) is 0. The van der Waals surface area contributed by atoms with Crippen LogP contribution in [-0.2, 0) is 11.2 Å². The summed E-state index contributed by atoms with van der Waals surface area (Å²) in [5.41, 5.74) is 2.32. The molecule has 178 valence electrons. The Hall–Kier alpha value is -2.38. The number of rotatable bonds is 2. The highest BCUT2D eigenvalue weighted by molar-refractivity contribution is 6.31. The number of aryl methyl sites for hydroxylation is 2. The van der Waals surface area contributed by atoms with Crippen molar-refractivity contribution < 1.29 is 13.6 Å². The summed E-state index contributed by atoms with van der Waals surface area (Å²) in [6.45, 7) is 8.03. The summed E-state index contributed by atoms with van der Waals surface area (Å²) >= 11 is 5.79. The Morgan fingerprint density at radius 2 is 1.88 bits per heavy atom. The monoisotopic (exact) mass is 473 g/mol. The minimum Gasteiger partial charge on any atom is -0.342 e. The third-order valence-corrected chi connectivity index (χ3v) is 6.45. The van der Waals surface area contributed by atoms with Gasteiger partial charge in [0, 0.05) is 24.6 Å². The molecule has 2 aromatic carbocycles. The second kappa shape index (κ2) is 13.4. The van der Waals surface area contributed by atoms with Gasteiger partial charge in [-0.05, 0) is 67.9 Å². The Kier molecular flexibility index (Phi) is 10.9. The van der Waals surface area contributed by atoms with E-state index >= 15 is 0 Å². The summed E-state index contributed by atoms with van der Waals surface area (Å²) in [6.07, 6.45) is 11.7. The number of amides is 1. The van der Waals surface area contributed by atoms with E-state index in [4.69, 9.17) is 18.0 Å². The largest absolute Gasteiger partial charge is 0.342 e. The van der Waals surface area contributed by atoms with Gasteiger partial charge in [-0.25, -0.2) is 8.78 Å². The van der Waals surface area contributed by atoms with Crippen LogP contribution in [-0.4, -0.2) is 23.9 Å². The average molecular weight is 474 g/mol. The Morgan fingerprint density at radius 3 is 2.39 bits per heavy atom. The fraction of sp³-hybridized carbons (Fsp3) is 0.464. The third kappa shape index (κ3) is 8.16. The van der Waals surface area contributed by atoms with E-state index in [1.807, 2.05) is 25.1 Å². The quantitative estimate of drug-likeness (QED) is 0.422. The van der Waals surface area contributed by atoms with Crippen molar-refractivity contribution in [1.82, 2.24) is 4.90 Å². The van der Waals surface area contributed by atoms with Gasteiger partial charge in [0.05, 0.1) is 5.02 Å². The molecule has 1 saturated heterocycles. The number of nitrogens with zero attached hydrogens (tertiary/aromatic N) is 1. The topological polar surface area (TPSA) is 20.3 Å². The molecular formula is C28H34ClF2NO. The van der Waals surface area contributed by atoms with Gasteiger partial charge < -0.3 is 4.90 Å². The number of terminal acetylenes is 1. The molecule has 4 rings (SSSR count). The predicted octanol–water partition coefficient (Wildman–Crippen LogP) is 7.20. The maximum absolute atomic E-state index is 12.6. The summed E-state index contributed by atoms with van der Waals surface area (Å²) in [5.74, 6) is 2.56. The van der Waals surface area contributed by atoms with Crippen molar-refractivity contribution in [3.8, 4) is 12.3 Å². The highest BCUT2D eigenvalue weighted by atomic mass is 35.5. The molecular weight excluding hydrogens is 440 g/mol. The molecule has 33 heavy (non-hydrogen) atoms. The van der Waals surface area contributed by atoms with Crippen molar-refractivity contribution in [2.75, 3.05) is 13.1 Å². The Balaban J connectivity index is 0.000000178. The highest BCUT2D eigenvalue weighted by Gasteiger charge is 2.30. The van der Waals surface area contributed by atoms with Crippen LogP contribution in [0.25, 0.3) is 0 Å². The van der Waals surface area contributed by atoms with Gasteiger partial charge >= 0.3 is 0 Å². The van der Waals surface area contributed by atoms with Crippen molar-refractivity contribution >= 4 is 17.5 Å². The molecule has 0 N–H and O–H groups in total. The fourth-order valence-electron chi connectivity index (χ4n) is 4.12. The number of carbonyl (C=O) groups is 1. The van der Waals surface area contributed by atoms with Crippen molar-refractivity contribution in [3.63, 3.8) is 0 Å². The predicted molar refractivity (Wildman–Crippen MR) is 132 cm³/mol. The first-order chi connectivity index (χ1) is 15.8. The van der Waals surface area contributed by atoms with Crippen molar-refractivity contribution in [3.05, 3.63) is 69.7 Å². The molecule has 2 aromatic rings. The van der Waals surface area contributed by atoms with E-state index in [0.29, 0.717) is 28.8 Å². The Morgan fingerprint density at radius 1 is 1.18 bits per heavy atom. The summed E-state index contributed by atoms with van der Waals surface area (Å²) in [4.78, 5) is 14.0. The number of benzene rings is 2. The van der Waals surface area contributed by atoms with Gasteiger partial charge in [-0.15, -0.1) is 6.42 Å². The van der Waals surface area contributed by atoms with Gasteiger partial charge in [0.25, 0.3) is 0 Å². The number of halogens is 3. The Labute approximate surface area is 202 Å². The van der Waals surface area contributed by atoms with E-state index in [9.17, 15) is 13.6 Å². The van der Waals surface area contributed by atoms with E-state index in [-0.39, 0.29) is 0 Å². The van der Waals surface area contributed by atoms with Gasteiger partial charge in [-0.1, -0.05) is 62.4 Å². The molecule has 0 aromatic heterocycles. The zero-order valence-corrected chi connectivity index (χ0v) is 20.6. The van der Waals surface area contributed by atoms with Gasteiger partial charge in [0.1, 0.15) is 0 Å². The lowest BCUT2D eigenvalue weighted by molar-refractivity contribution is -0.134. The zero-order valence-electron chi connectivity index (χ0n) is 19.8. The molecule has 1 saturated carbocycles. The summed E-state index contributed by atoms with van der Waals surface area (Å²) in [5, 5.41) is 0.655. The van der Waals surface area contributed by atoms with Gasteiger partial charge in [-0.2, -0.15) is 0 Å². The molecule has 1 amide bonds. The minimum absolute atomic E-state index is 0.380. The number of hydrogen-bond donors (Lipinski definition) is 0. The average Bonchev–Trinajstić information content (AvgIpc) is 3.48. The van der Waals surface area contributed by atoms with Crippen LogP contribution < -0.4 is 0 Å². The van der Waals surface area contributed by atoms with Crippen molar-refractivity contribution in [1.29, 1.82) is 0 Å². The van der Waals surface area contributed by atoms with Gasteiger partial charge in [0.15, 0.2) is 11.6 Å². The van der Waals surface area contributed by atoms with Gasteiger partial charge in [0.2, 0.25) is 5.91 Å². The van der Waals surface area contributed by atoms with E-state index < -0.39 is 11.6 Å². The first-order valence-electron chi connectivity index (χ1n) is 11.7. The summed E-state index contributed by atoms with van der Waals surface area (Å²) in [6, 6.07) is 9.86. The standard InChI is InChI=1S/C11H19NO.C9H7Cl.C8H8F2/c1-9-6-7-12(8-9)11(13)10-4-2-3-5-10;1-3-8-5-4-7(2)6-9(8)10;1-2-6-4-3-5-7(9)8(6)10/h9-10H,2-8H2,1H3;1,4-6H,2H3;3-5H,2H2,1H3/t9-;;/m0../s1. The number of likely N-dealkylation sites (tertiary alicyclic amines) is 1. The zero-order chi connectivity index (χ0) is 24.4. The molecule has 2 aliphatic rings. The van der Waals surface area contributed by atoms with Crippen molar-refractivity contribution in [2.24, 2.45) is 11.8 Å². The van der Waals surface area contributed by atoms with Gasteiger partial charge in [-0.3, -0.25) is 4.79 Å². The smallest absolute Gasteiger partial charge is 0.225 e. The number of hydrogen-bond acceptors (Lipinski definition) is 1. The second-order valence-electron chi connectivity index (χ2n) is 8.85. The third-order valence-electron chi connectivity index (χ3n) is 6.13. The highest BCUT2D eigenvalue weighted by Crippen LogP contribution is 2.28. The molecule has 1 aliphatic heterocycles. The summed E-state index contributed by atoms with van der Waals surface area (Å²) < 4.78 is 25.0. The first kappa shape index (κ1) is 26.9. The lowest BCUT2D eigenvalue weighted by Gasteiger charge is -2.19. The van der Waals surface area contributed by atoms with Crippen LogP contribution in [0.1, 0.15) is 62.6 Å². The first-order valence-corrected chi connectivity index (χ1v) is 12.1. The van der Waals surface area contributed by atoms with Crippen LogP contribution in [0.5, 0.6) is 0 Å². The molecule has 2 nitrogen and oxygen atoms in total. The molecule has 1 aliphatic carbocycles.